The molecule has 0 amide bonds. The average Bonchev–Trinajstić information content (AvgIpc) is 3.72. The summed E-state index contributed by atoms with van der Waals surface area (Å²) < 4.78 is 13.1. The number of amidine groups is 1. The molecule has 4 N–H and O–H groups in total. The molecule has 0 bridgehead atoms. The lowest BCUT2D eigenvalue weighted by molar-refractivity contribution is -0.142. The molecule has 41 heavy (non-hydrogen) atoms. The standard InChI is InChI=1S/C29H33N7O3.H2S2/c1-4-38-27(37)10-21-9-22(19-5-6-19)13-36-14-23(35-29(21)36)15-39-26-11-25(33-16-34-26)32-12-24-17(2)7-20(28(30)31)8-18(24)3;1-2/h7-9,11,13-14,16,19H,4-6,10,12,15H2,1-3H3,(H3,30,31)(H,32,33,34);1-2H. The molecule has 1 aliphatic carbocycles. The van der Waals surface area contributed by atoms with E-state index in [2.05, 4.69) is 50.9 Å². The molecule has 0 aliphatic heterocycles. The third kappa shape index (κ3) is 7.70. The average molecular weight is 594 g/mol. The Morgan fingerprint density at radius 2 is 1.88 bits per heavy atom. The van der Waals surface area contributed by atoms with Crippen LogP contribution < -0.4 is 15.8 Å². The number of benzene rings is 1. The van der Waals surface area contributed by atoms with Crippen LogP contribution in [0.5, 0.6) is 5.88 Å². The second kappa shape index (κ2) is 13.7. The van der Waals surface area contributed by atoms with Gasteiger partial charge < -0.3 is 24.9 Å². The minimum atomic E-state index is -0.255. The van der Waals surface area contributed by atoms with Crippen LogP contribution in [0, 0.1) is 19.3 Å². The molecule has 10 nitrogen and oxygen atoms in total. The highest BCUT2D eigenvalue weighted by molar-refractivity contribution is 8.59. The summed E-state index contributed by atoms with van der Waals surface area (Å²) in [6, 6.07) is 7.67. The smallest absolute Gasteiger partial charge is 0.310 e. The quantitative estimate of drug-likeness (QED) is 0.0540. The molecular formula is C29H35N7O3S2. The van der Waals surface area contributed by atoms with E-state index < -0.39 is 0 Å². The fraction of sp³-hybridized carbons (Fsp3) is 0.345. The van der Waals surface area contributed by atoms with E-state index in [1.807, 2.05) is 43.5 Å². The predicted molar refractivity (Wildman–Crippen MR) is 166 cm³/mol. The number of nitrogen functional groups attached to an aromatic ring is 1. The number of fused-ring (bicyclic) bond motifs is 1. The van der Waals surface area contributed by atoms with Gasteiger partial charge in [-0.1, -0.05) is 0 Å². The fourth-order valence-electron chi connectivity index (χ4n) is 4.72. The summed E-state index contributed by atoms with van der Waals surface area (Å²) >= 11 is 6.44. The van der Waals surface area contributed by atoms with Crippen LogP contribution in [-0.2, 0) is 29.1 Å². The van der Waals surface area contributed by atoms with Gasteiger partial charge in [-0.05, 0) is 80.0 Å². The van der Waals surface area contributed by atoms with Crippen LogP contribution in [0.3, 0.4) is 0 Å². The number of aromatic nitrogens is 4. The van der Waals surface area contributed by atoms with Gasteiger partial charge in [0.05, 0.1) is 18.7 Å². The lowest BCUT2D eigenvalue weighted by Gasteiger charge is -2.14. The number of aryl methyl sites for hydroxylation is 2. The zero-order chi connectivity index (χ0) is 29.5. The monoisotopic (exact) mass is 593 g/mol. The molecule has 12 heteroatoms. The van der Waals surface area contributed by atoms with E-state index in [4.69, 9.17) is 25.6 Å². The van der Waals surface area contributed by atoms with Crippen LogP contribution in [0.4, 0.5) is 5.82 Å². The largest absolute Gasteiger partial charge is 0.471 e. The maximum absolute atomic E-state index is 12.2. The molecule has 0 unspecified atom stereocenters. The Hall–Kier alpha value is -3.77. The van der Waals surface area contributed by atoms with Crippen LogP contribution in [0.1, 0.15) is 64.8 Å². The molecule has 1 fully saturated rings. The van der Waals surface area contributed by atoms with Gasteiger partial charge in [-0.15, -0.1) is 23.3 Å². The van der Waals surface area contributed by atoms with Crippen molar-refractivity contribution in [3.05, 3.63) is 82.1 Å². The number of hydrogen-bond acceptors (Lipinski definition) is 10. The number of rotatable bonds is 11. The van der Waals surface area contributed by atoms with Crippen molar-refractivity contribution in [1.82, 2.24) is 19.4 Å². The first kappa shape index (κ1) is 30.2. The molecule has 1 aliphatic rings. The number of imidazole rings is 1. The molecule has 0 spiro atoms. The number of ether oxygens (including phenoxy) is 2. The number of hydrogen-bond donors (Lipinski definition) is 5. The van der Waals surface area contributed by atoms with Gasteiger partial charge >= 0.3 is 5.97 Å². The summed E-state index contributed by atoms with van der Waals surface area (Å²) in [4.78, 5) is 25.5. The number of thiol groups is 2. The number of anilines is 1. The molecule has 0 radical (unpaired) electrons. The van der Waals surface area contributed by atoms with Gasteiger partial charge in [-0.25, -0.2) is 15.0 Å². The van der Waals surface area contributed by atoms with E-state index >= 15 is 0 Å². The van der Waals surface area contributed by atoms with Crippen molar-refractivity contribution in [3.63, 3.8) is 0 Å². The van der Waals surface area contributed by atoms with Crippen molar-refractivity contribution in [3.8, 4) is 5.88 Å². The Morgan fingerprint density at radius 3 is 2.54 bits per heavy atom. The zero-order valence-electron chi connectivity index (χ0n) is 23.3. The van der Waals surface area contributed by atoms with Gasteiger partial charge in [0.25, 0.3) is 0 Å². The van der Waals surface area contributed by atoms with E-state index in [0.717, 1.165) is 39.2 Å². The summed E-state index contributed by atoms with van der Waals surface area (Å²) in [5, 5.41) is 11.0. The number of nitrogens with two attached hydrogens (primary N) is 1. The maximum atomic E-state index is 12.2. The minimum absolute atomic E-state index is 0.0579. The SMILES string of the molecule is CCOC(=O)Cc1cc(C2CC2)cn2cc(COc3cc(NCc4c(C)cc(C(=N)N)cc4C)ncn3)nc12.SS. The van der Waals surface area contributed by atoms with Crippen molar-refractivity contribution in [2.45, 2.75) is 59.1 Å². The van der Waals surface area contributed by atoms with Crippen LogP contribution in [0.2, 0.25) is 0 Å². The highest BCUT2D eigenvalue weighted by atomic mass is 33.1. The second-order valence-corrected chi connectivity index (χ2v) is 9.90. The van der Waals surface area contributed by atoms with E-state index in [9.17, 15) is 4.79 Å². The fourth-order valence-corrected chi connectivity index (χ4v) is 4.72. The number of nitrogens with zero attached hydrogens (tertiary/aromatic N) is 4. The van der Waals surface area contributed by atoms with Gasteiger partial charge in [0, 0.05) is 36.1 Å². The zero-order valence-corrected chi connectivity index (χ0v) is 25.1. The summed E-state index contributed by atoms with van der Waals surface area (Å²) in [6.45, 7) is 6.96. The van der Waals surface area contributed by atoms with Crippen LogP contribution in [-0.4, -0.2) is 37.8 Å². The summed E-state index contributed by atoms with van der Waals surface area (Å²) in [6.07, 6.45) is 8.01. The molecule has 0 atom stereocenters. The Balaban J connectivity index is 0.00000189. The van der Waals surface area contributed by atoms with Crippen molar-refractivity contribution >= 4 is 46.6 Å². The number of nitrogens with one attached hydrogen (secondary N) is 2. The highest BCUT2D eigenvalue weighted by Gasteiger charge is 2.25. The lowest BCUT2D eigenvalue weighted by atomic mass is 9.99. The Labute approximate surface area is 249 Å². The molecule has 3 aromatic heterocycles. The van der Waals surface area contributed by atoms with Gasteiger partial charge in [-0.2, -0.15) is 0 Å². The molecular weight excluding hydrogens is 558 g/mol. The first-order valence-electron chi connectivity index (χ1n) is 13.3. The number of carbonyl (C=O) groups is 1. The van der Waals surface area contributed by atoms with Gasteiger partial charge in [0.15, 0.2) is 0 Å². The van der Waals surface area contributed by atoms with Gasteiger partial charge in [0.2, 0.25) is 5.88 Å². The third-order valence-electron chi connectivity index (χ3n) is 6.85. The topological polar surface area (TPSA) is 141 Å². The number of esters is 1. The first-order valence-corrected chi connectivity index (χ1v) is 14.9. The molecule has 5 rings (SSSR count). The van der Waals surface area contributed by atoms with E-state index in [1.54, 1.807) is 6.07 Å². The van der Waals surface area contributed by atoms with E-state index in [1.165, 1.54) is 24.7 Å². The first-order chi connectivity index (χ1) is 19.8. The second-order valence-electron chi connectivity index (χ2n) is 9.90. The van der Waals surface area contributed by atoms with Crippen LogP contribution in [0.25, 0.3) is 5.65 Å². The molecule has 216 valence electrons. The summed E-state index contributed by atoms with van der Waals surface area (Å²) in [7, 11) is 0. The molecule has 1 saturated carbocycles. The molecule has 1 aromatic carbocycles. The Bertz CT molecular complexity index is 1530. The molecule has 3 heterocycles. The summed E-state index contributed by atoms with van der Waals surface area (Å²) in [5.41, 5.74) is 13.1. The van der Waals surface area contributed by atoms with Gasteiger partial charge in [0.1, 0.15) is 30.2 Å². The lowest BCUT2D eigenvalue weighted by Crippen LogP contribution is -2.13. The third-order valence-corrected chi connectivity index (χ3v) is 6.85. The maximum Gasteiger partial charge on any atom is 0.310 e. The Morgan fingerprint density at radius 1 is 1.15 bits per heavy atom. The number of carbonyl (C=O) groups excluding carboxylic acids is 1. The minimum Gasteiger partial charge on any atom is -0.471 e. The molecule has 0 saturated heterocycles. The van der Waals surface area contributed by atoms with Gasteiger partial charge in [-0.3, -0.25) is 10.2 Å². The van der Waals surface area contributed by atoms with Crippen LogP contribution >= 0.6 is 23.3 Å². The van der Waals surface area contributed by atoms with Crippen molar-refractivity contribution in [2.75, 3.05) is 11.9 Å². The number of pyridine rings is 1. The highest BCUT2D eigenvalue weighted by Crippen LogP contribution is 2.40. The predicted octanol–water partition coefficient (Wildman–Crippen LogP) is 4.96. The Kier molecular flexibility index (Phi) is 10.1. The van der Waals surface area contributed by atoms with Crippen molar-refractivity contribution in [2.24, 2.45) is 5.73 Å². The summed E-state index contributed by atoms with van der Waals surface area (Å²) in [5.74, 6) is 1.41. The van der Waals surface area contributed by atoms with E-state index in [0.29, 0.717) is 30.8 Å². The van der Waals surface area contributed by atoms with E-state index in [-0.39, 0.29) is 24.8 Å². The van der Waals surface area contributed by atoms with Crippen molar-refractivity contribution < 1.29 is 14.3 Å². The normalized spacial score (nSPS) is 12.4. The van der Waals surface area contributed by atoms with Crippen molar-refractivity contribution in [1.29, 1.82) is 5.41 Å². The molecule has 4 aromatic rings. The van der Waals surface area contributed by atoms with Crippen LogP contribution in [0.15, 0.2) is 43.0 Å².